The number of esters is 1. The van der Waals surface area contributed by atoms with Crippen LogP contribution in [0.2, 0.25) is 0 Å². The molecule has 3 amide bonds. The third-order valence-corrected chi connectivity index (χ3v) is 7.04. The number of ether oxygens (including phenoxy) is 3. The highest BCUT2D eigenvalue weighted by Gasteiger charge is 2.19. The van der Waals surface area contributed by atoms with Gasteiger partial charge in [-0.2, -0.15) is 0 Å². The van der Waals surface area contributed by atoms with E-state index in [1.807, 2.05) is 38.1 Å². The second-order valence-electron chi connectivity index (χ2n) is 10.7. The molecule has 1 aliphatic heterocycles. The molecule has 10 nitrogen and oxygen atoms in total. The molecule has 3 aromatic rings. The van der Waals surface area contributed by atoms with Crippen molar-refractivity contribution in [1.29, 1.82) is 0 Å². The Morgan fingerprint density at radius 2 is 1.63 bits per heavy atom. The molecule has 0 saturated carbocycles. The summed E-state index contributed by atoms with van der Waals surface area (Å²) in [6.45, 7) is 5.91. The fourth-order valence-electron chi connectivity index (χ4n) is 4.64. The molecule has 1 saturated heterocycles. The highest BCUT2D eigenvalue weighted by atomic mass is 16.5. The van der Waals surface area contributed by atoms with Crippen molar-refractivity contribution in [3.8, 4) is 11.5 Å². The van der Waals surface area contributed by atoms with E-state index in [0.717, 1.165) is 42.7 Å². The normalized spacial score (nSPS) is 13.8. The quantitative estimate of drug-likeness (QED) is 0.205. The summed E-state index contributed by atoms with van der Waals surface area (Å²) in [6, 6.07) is 19.7. The number of amides is 3. The summed E-state index contributed by atoms with van der Waals surface area (Å²) in [4.78, 5) is 36.9. The number of rotatable bonds is 12. The Labute approximate surface area is 252 Å². The van der Waals surface area contributed by atoms with E-state index in [2.05, 4.69) is 21.3 Å². The van der Waals surface area contributed by atoms with E-state index in [1.54, 1.807) is 42.5 Å². The molecule has 1 aliphatic rings. The molecule has 1 unspecified atom stereocenters. The average Bonchev–Trinajstić information content (AvgIpc) is 2.99. The lowest BCUT2D eigenvalue weighted by Crippen LogP contribution is -2.34. The second-order valence-corrected chi connectivity index (χ2v) is 10.7. The van der Waals surface area contributed by atoms with Crippen molar-refractivity contribution in [2.24, 2.45) is 5.92 Å². The molecule has 1 heterocycles. The monoisotopic (exact) mass is 588 g/mol. The van der Waals surface area contributed by atoms with E-state index < -0.39 is 0 Å². The third kappa shape index (κ3) is 10.0. The van der Waals surface area contributed by atoms with Gasteiger partial charge in [-0.3, -0.25) is 9.59 Å². The molecule has 4 rings (SSSR count). The van der Waals surface area contributed by atoms with E-state index in [1.165, 1.54) is 7.11 Å². The summed E-state index contributed by atoms with van der Waals surface area (Å²) in [5.41, 5.74) is 3.69. The van der Waals surface area contributed by atoms with Crippen molar-refractivity contribution in [2.45, 2.75) is 45.6 Å². The number of carbonyl (C=O) groups excluding carboxylic acids is 3. The predicted octanol–water partition coefficient (Wildman–Crippen LogP) is 5.53. The summed E-state index contributed by atoms with van der Waals surface area (Å²) in [6.07, 6.45) is 2.24. The SMILES string of the molecule is COC(=O)CC(C)COc1cc(NC(=O)Cc2ccc(NC(=O)Nc3ccccc3C)cc2)ccc1OC1CCNCC1. The van der Waals surface area contributed by atoms with E-state index >= 15 is 0 Å². The molecule has 4 N–H and O–H groups in total. The van der Waals surface area contributed by atoms with Gasteiger partial charge in [-0.15, -0.1) is 0 Å². The highest BCUT2D eigenvalue weighted by molar-refractivity contribution is 6.00. The van der Waals surface area contributed by atoms with E-state index in [9.17, 15) is 14.4 Å². The number of piperidine rings is 1. The number of urea groups is 1. The first-order chi connectivity index (χ1) is 20.8. The smallest absolute Gasteiger partial charge is 0.323 e. The number of para-hydroxylation sites is 1. The standard InChI is InChI=1S/C33H40N4O6/c1-22(18-32(39)41-3)21-42-30-20-26(12-13-29(30)43-27-14-16-34-17-15-27)35-31(38)19-24-8-10-25(11-9-24)36-33(40)37-28-7-5-4-6-23(28)2/h4-13,20,22,27,34H,14-19,21H2,1-3H3,(H,35,38)(H2,36,37,40). The molecular formula is C33H40N4O6. The molecule has 1 atom stereocenters. The Bertz CT molecular complexity index is 1390. The van der Waals surface area contributed by atoms with E-state index in [0.29, 0.717) is 29.5 Å². The molecule has 0 aliphatic carbocycles. The van der Waals surface area contributed by atoms with Crippen molar-refractivity contribution in [1.82, 2.24) is 5.32 Å². The Morgan fingerprint density at radius 1 is 0.907 bits per heavy atom. The van der Waals surface area contributed by atoms with Crippen LogP contribution in [0.25, 0.3) is 0 Å². The molecule has 228 valence electrons. The van der Waals surface area contributed by atoms with Gasteiger partial charge in [-0.25, -0.2) is 4.79 Å². The summed E-state index contributed by atoms with van der Waals surface area (Å²) in [5, 5.41) is 11.9. The minimum absolute atomic E-state index is 0.0663. The molecule has 3 aromatic carbocycles. The van der Waals surface area contributed by atoms with Gasteiger partial charge >= 0.3 is 12.0 Å². The van der Waals surface area contributed by atoms with Crippen LogP contribution in [0.1, 0.15) is 37.3 Å². The maximum Gasteiger partial charge on any atom is 0.323 e. The van der Waals surface area contributed by atoms with Crippen LogP contribution in [0.5, 0.6) is 11.5 Å². The molecule has 0 aromatic heterocycles. The zero-order chi connectivity index (χ0) is 30.6. The number of benzene rings is 3. The largest absolute Gasteiger partial charge is 0.489 e. The predicted molar refractivity (Wildman–Crippen MR) is 167 cm³/mol. The van der Waals surface area contributed by atoms with Crippen LogP contribution in [0.4, 0.5) is 21.9 Å². The van der Waals surface area contributed by atoms with Gasteiger partial charge in [0, 0.05) is 29.0 Å². The molecule has 0 spiro atoms. The summed E-state index contributed by atoms with van der Waals surface area (Å²) < 4.78 is 17.1. The molecular weight excluding hydrogens is 548 g/mol. The van der Waals surface area contributed by atoms with Crippen molar-refractivity contribution >= 4 is 35.0 Å². The first-order valence-electron chi connectivity index (χ1n) is 14.5. The van der Waals surface area contributed by atoms with Crippen LogP contribution in [0.15, 0.2) is 66.7 Å². The third-order valence-electron chi connectivity index (χ3n) is 7.04. The number of anilines is 3. The van der Waals surface area contributed by atoms with Crippen molar-refractivity contribution in [3.63, 3.8) is 0 Å². The first kappa shape index (κ1) is 31.4. The van der Waals surface area contributed by atoms with Gasteiger partial charge < -0.3 is 35.5 Å². The number of hydrogen-bond donors (Lipinski definition) is 4. The highest BCUT2D eigenvalue weighted by Crippen LogP contribution is 2.33. The van der Waals surface area contributed by atoms with Crippen molar-refractivity contribution < 1.29 is 28.6 Å². The van der Waals surface area contributed by atoms with Gasteiger partial charge in [-0.05, 0) is 74.3 Å². The Hall–Kier alpha value is -4.57. The minimum Gasteiger partial charge on any atom is -0.489 e. The van der Waals surface area contributed by atoms with Crippen LogP contribution in [-0.2, 0) is 20.7 Å². The zero-order valence-corrected chi connectivity index (χ0v) is 24.9. The maximum absolute atomic E-state index is 12.9. The molecule has 0 bridgehead atoms. The average molecular weight is 589 g/mol. The van der Waals surface area contributed by atoms with Gasteiger partial charge in [0.1, 0.15) is 6.10 Å². The fourth-order valence-corrected chi connectivity index (χ4v) is 4.64. The van der Waals surface area contributed by atoms with Crippen LogP contribution in [0.3, 0.4) is 0 Å². The maximum atomic E-state index is 12.9. The van der Waals surface area contributed by atoms with Crippen molar-refractivity contribution in [2.75, 3.05) is 42.8 Å². The number of hydrogen-bond acceptors (Lipinski definition) is 7. The summed E-state index contributed by atoms with van der Waals surface area (Å²) >= 11 is 0. The fraction of sp³-hybridized carbons (Fsp3) is 0.364. The lowest BCUT2D eigenvalue weighted by molar-refractivity contribution is -0.141. The minimum atomic E-state index is -0.343. The Morgan fingerprint density at radius 3 is 2.35 bits per heavy atom. The molecule has 10 heteroatoms. The molecule has 1 fully saturated rings. The number of methoxy groups -OCH3 is 1. The van der Waals surface area contributed by atoms with Crippen LogP contribution in [0, 0.1) is 12.8 Å². The molecule has 0 radical (unpaired) electrons. The van der Waals surface area contributed by atoms with Gasteiger partial charge in [-0.1, -0.05) is 37.3 Å². The van der Waals surface area contributed by atoms with Gasteiger partial charge in [0.25, 0.3) is 0 Å². The van der Waals surface area contributed by atoms with Gasteiger partial charge in [0.15, 0.2) is 11.5 Å². The number of aryl methyl sites for hydroxylation is 1. The van der Waals surface area contributed by atoms with Gasteiger partial charge in [0.2, 0.25) is 5.91 Å². The Kier molecular flexibility index (Phi) is 11.4. The lowest BCUT2D eigenvalue weighted by Gasteiger charge is -2.25. The lowest BCUT2D eigenvalue weighted by atomic mass is 10.1. The summed E-state index contributed by atoms with van der Waals surface area (Å²) in [7, 11) is 1.37. The number of carbonyl (C=O) groups is 3. The van der Waals surface area contributed by atoms with Crippen molar-refractivity contribution in [3.05, 3.63) is 77.9 Å². The molecule has 43 heavy (non-hydrogen) atoms. The topological polar surface area (TPSA) is 127 Å². The van der Waals surface area contributed by atoms with Gasteiger partial charge in [0.05, 0.1) is 26.6 Å². The number of nitrogens with one attached hydrogen (secondary N) is 4. The first-order valence-corrected chi connectivity index (χ1v) is 14.5. The Balaban J connectivity index is 1.34. The summed E-state index contributed by atoms with van der Waals surface area (Å²) in [5.74, 6) is 0.549. The van der Waals surface area contributed by atoms with E-state index in [-0.39, 0.29) is 42.8 Å². The zero-order valence-electron chi connectivity index (χ0n) is 24.9. The van der Waals surface area contributed by atoms with Crippen LogP contribution in [-0.4, -0.2) is 50.8 Å². The van der Waals surface area contributed by atoms with Crippen LogP contribution < -0.4 is 30.7 Å². The van der Waals surface area contributed by atoms with E-state index in [4.69, 9.17) is 14.2 Å². The second kappa shape index (κ2) is 15.6. The van der Waals surface area contributed by atoms with Crippen LogP contribution >= 0.6 is 0 Å².